The number of fused-ring (bicyclic) bond motifs is 2. The zero-order valence-corrected chi connectivity index (χ0v) is 12.6. The number of carbonyl (C=O) groups excluding carboxylic acids is 1. The molecule has 0 aromatic rings. The molecule has 5 atom stereocenters. The fourth-order valence-corrected chi connectivity index (χ4v) is 4.70. The summed E-state index contributed by atoms with van der Waals surface area (Å²) in [5.74, 6) is 2.37. The molecule has 2 saturated carbocycles. The highest BCUT2D eigenvalue weighted by Gasteiger charge is 2.43. The third kappa shape index (κ3) is 2.41. The number of rotatable bonds is 4. The van der Waals surface area contributed by atoms with Crippen LogP contribution >= 0.6 is 0 Å². The smallest absolute Gasteiger partial charge is 0.226 e. The second-order valence-electron chi connectivity index (χ2n) is 6.86. The van der Waals surface area contributed by atoms with Crippen LogP contribution in [0.5, 0.6) is 0 Å². The first kappa shape index (κ1) is 14.1. The van der Waals surface area contributed by atoms with Crippen molar-refractivity contribution in [2.45, 2.75) is 51.5 Å². The van der Waals surface area contributed by atoms with Crippen LogP contribution in [-0.2, 0) is 4.79 Å². The van der Waals surface area contributed by atoms with Gasteiger partial charge in [0.05, 0.1) is 0 Å². The quantitative estimate of drug-likeness (QED) is 0.802. The van der Waals surface area contributed by atoms with Gasteiger partial charge in [-0.05, 0) is 56.9 Å². The van der Waals surface area contributed by atoms with Crippen LogP contribution in [0.1, 0.15) is 45.4 Å². The molecular formula is C17H28N2O. The van der Waals surface area contributed by atoms with E-state index in [1.165, 1.54) is 25.7 Å². The second-order valence-corrected chi connectivity index (χ2v) is 6.86. The highest BCUT2D eigenvalue weighted by Crippen LogP contribution is 2.44. The van der Waals surface area contributed by atoms with Crippen molar-refractivity contribution in [1.29, 1.82) is 0 Å². The maximum atomic E-state index is 13.0. The van der Waals surface area contributed by atoms with Crippen LogP contribution < -0.4 is 5.73 Å². The molecule has 0 aromatic heterocycles. The van der Waals surface area contributed by atoms with Crippen LogP contribution in [0.2, 0.25) is 0 Å². The molecule has 0 heterocycles. The number of hydrogen-bond acceptors (Lipinski definition) is 2. The summed E-state index contributed by atoms with van der Waals surface area (Å²) in [6.45, 7) is 3.70. The van der Waals surface area contributed by atoms with E-state index < -0.39 is 0 Å². The molecule has 3 aliphatic carbocycles. The van der Waals surface area contributed by atoms with E-state index in [1.807, 2.05) is 0 Å². The van der Waals surface area contributed by atoms with E-state index in [4.69, 9.17) is 5.73 Å². The monoisotopic (exact) mass is 276 g/mol. The maximum absolute atomic E-state index is 13.0. The Kier molecular flexibility index (Phi) is 4.16. The molecule has 112 valence electrons. The Labute approximate surface area is 122 Å². The highest BCUT2D eigenvalue weighted by molar-refractivity contribution is 5.80. The lowest BCUT2D eigenvalue weighted by atomic mass is 9.82. The lowest BCUT2D eigenvalue weighted by Gasteiger charge is -2.41. The van der Waals surface area contributed by atoms with E-state index in [-0.39, 0.29) is 5.92 Å². The molecule has 2 bridgehead atoms. The van der Waals surface area contributed by atoms with Crippen molar-refractivity contribution in [1.82, 2.24) is 4.90 Å². The van der Waals surface area contributed by atoms with Gasteiger partial charge in [-0.3, -0.25) is 4.79 Å². The molecule has 2 N–H and O–H groups in total. The van der Waals surface area contributed by atoms with Gasteiger partial charge < -0.3 is 10.6 Å². The van der Waals surface area contributed by atoms with Crippen molar-refractivity contribution in [3.63, 3.8) is 0 Å². The standard InChI is InChI=1S/C17H28N2O/c1-2-19(16-6-4-3-5-14(16)11-18)17(20)15-10-12-7-8-13(15)9-12/h7-8,12-16H,2-6,9-11,18H2,1H3. The Morgan fingerprint density at radius 2 is 2.05 bits per heavy atom. The van der Waals surface area contributed by atoms with Crippen LogP contribution in [-0.4, -0.2) is 29.9 Å². The average Bonchev–Trinajstić information content (AvgIpc) is 3.11. The Hall–Kier alpha value is -0.830. The van der Waals surface area contributed by atoms with E-state index in [1.54, 1.807) is 0 Å². The lowest BCUT2D eigenvalue weighted by molar-refractivity contribution is -0.140. The molecule has 5 unspecified atom stereocenters. The Morgan fingerprint density at radius 1 is 1.25 bits per heavy atom. The molecule has 3 rings (SSSR count). The van der Waals surface area contributed by atoms with Gasteiger partial charge in [0.2, 0.25) is 5.91 Å². The van der Waals surface area contributed by atoms with E-state index in [2.05, 4.69) is 24.0 Å². The molecule has 0 saturated heterocycles. The van der Waals surface area contributed by atoms with E-state index in [0.29, 0.717) is 29.7 Å². The van der Waals surface area contributed by atoms with Crippen molar-refractivity contribution in [3.05, 3.63) is 12.2 Å². The van der Waals surface area contributed by atoms with E-state index in [9.17, 15) is 4.79 Å². The summed E-state index contributed by atoms with van der Waals surface area (Å²) in [6, 6.07) is 0.398. The number of carbonyl (C=O) groups is 1. The topological polar surface area (TPSA) is 46.3 Å². The summed E-state index contributed by atoms with van der Waals surface area (Å²) in [5, 5.41) is 0. The van der Waals surface area contributed by atoms with Crippen molar-refractivity contribution < 1.29 is 4.79 Å². The first-order valence-corrected chi connectivity index (χ1v) is 8.43. The zero-order chi connectivity index (χ0) is 14.1. The first-order chi connectivity index (χ1) is 9.74. The van der Waals surface area contributed by atoms with Gasteiger partial charge in [0.15, 0.2) is 0 Å². The summed E-state index contributed by atoms with van der Waals surface area (Å²) in [7, 11) is 0. The number of allylic oxidation sites excluding steroid dienone is 2. The van der Waals surface area contributed by atoms with Gasteiger partial charge in [-0.15, -0.1) is 0 Å². The average molecular weight is 276 g/mol. The molecule has 3 aliphatic rings. The van der Waals surface area contributed by atoms with Gasteiger partial charge in [-0.25, -0.2) is 0 Å². The summed E-state index contributed by atoms with van der Waals surface area (Å²) in [5.41, 5.74) is 5.95. The third-order valence-corrected chi connectivity index (χ3v) is 5.79. The number of hydrogen-bond donors (Lipinski definition) is 1. The van der Waals surface area contributed by atoms with Gasteiger partial charge in [0, 0.05) is 18.5 Å². The third-order valence-electron chi connectivity index (χ3n) is 5.79. The Balaban J connectivity index is 1.72. The van der Waals surface area contributed by atoms with Crippen LogP contribution in [0.25, 0.3) is 0 Å². The van der Waals surface area contributed by atoms with Crippen LogP contribution in [0, 0.1) is 23.7 Å². The van der Waals surface area contributed by atoms with Crippen LogP contribution in [0.15, 0.2) is 12.2 Å². The maximum Gasteiger partial charge on any atom is 0.226 e. The highest BCUT2D eigenvalue weighted by atomic mass is 16.2. The number of nitrogens with two attached hydrogens (primary N) is 1. The summed E-state index contributed by atoms with van der Waals surface area (Å²) in [4.78, 5) is 15.2. The summed E-state index contributed by atoms with van der Waals surface area (Å²) < 4.78 is 0. The fraction of sp³-hybridized carbons (Fsp3) is 0.824. The molecule has 0 spiro atoms. The minimum absolute atomic E-state index is 0.255. The summed E-state index contributed by atoms with van der Waals surface area (Å²) in [6.07, 6.45) is 11.8. The van der Waals surface area contributed by atoms with Gasteiger partial charge in [0.1, 0.15) is 0 Å². The van der Waals surface area contributed by atoms with Crippen molar-refractivity contribution in [2.75, 3.05) is 13.1 Å². The predicted molar refractivity (Wildman–Crippen MR) is 81.0 cm³/mol. The minimum atomic E-state index is 0.255. The number of amides is 1. The first-order valence-electron chi connectivity index (χ1n) is 8.43. The molecule has 1 amide bonds. The van der Waals surface area contributed by atoms with Gasteiger partial charge in [0.25, 0.3) is 0 Å². The van der Waals surface area contributed by atoms with Crippen LogP contribution in [0.4, 0.5) is 0 Å². The SMILES string of the molecule is CCN(C(=O)C1CC2C=CC1C2)C1CCCCC1CN. The molecule has 2 fully saturated rings. The number of nitrogens with zero attached hydrogens (tertiary/aromatic N) is 1. The van der Waals surface area contributed by atoms with Crippen molar-refractivity contribution in [2.24, 2.45) is 29.4 Å². The zero-order valence-electron chi connectivity index (χ0n) is 12.6. The van der Waals surface area contributed by atoms with Gasteiger partial charge in [-0.1, -0.05) is 25.0 Å². The largest absolute Gasteiger partial charge is 0.339 e. The van der Waals surface area contributed by atoms with E-state index >= 15 is 0 Å². The molecule has 3 nitrogen and oxygen atoms in total. The Morgan fingerprint density at radius 3 is 2.65 bits per heavy atom. The molecule has 0 aliphatic heterocycles. The second kappa shape index (κ2) is 5.88. The Bertz CT molecular complexity index is 392. The lowest BCUT2D eigenvalue weighted by Crippen LogP contribution is -2.50. The molecule has 20 heavy (non-hydrogen) atoms. The summed E-state index contributed by atoms with van der Waals surface area (Å²) >= 11 is 0. The predicted octanol–water partition coefficient (Wildman–Crippen LogP) is 2.56. The van der Waals surface area contributed by atoms with E-state index in [0.717, 1.165) is 25.9 Å². The van der Waals surface area contributed by atoms with Crippen LogP contribution in [0.3, 0.4) is 0 Å². The molecule has 0 radical (unpaired) electrons. The fourth-order valence-electron chi connectivity index (χ4n) is 4.70. The molecule has 3 heteroatoms. The molecular weight excluding hydrogens is 248 g/mol. The normalized spacial score (nSPS) is 39.2. The van der Waals surface area contributed by atoms with Crippen molar-refractivity contribution in [3.8, 4) is 0 Å². The van der Waals surface area contributed by atoms with Crippen molar-refractivity contribution >= 4 is 5.91 Å². The van der Waals surface area contributed by atoms with Gasteiger partial charge in [-0.2, -0.15) is 0 Å². The molecule has 0 aromatic carbocycles. The minimum Gasteiger partial charge on any atom is -0.339 e. The van der Waals surface area contributed by atoms with Gasteiger partial charge >= 0.3 is 0 Å².